The summed E-state index contributed by atoms with van der Waals surface area (Å²) in [6, 6.07) is 12.4. The Morgan fingerprint density at radius 1 is 1.16 bits per heavy atom. The van der Waals surface area contributed by atoms with Crippen LogP contribution in [0.25, 0.3) is 0 Å². The van der Waals surface area contributed by atoms with Gasteiger partial charge in [0.15, 0.2) is 0 Å². The topological polar surface area (TPSA) is 53.6 Å². The van der Waals surface area contributed by atoms with Crippen LogP contribution in [-0.2, 0) is 11.2 Å². The molecular formula is C19H25N3O2S. The van der Waals surface area contributed by atoms with Crippen molar-refractivity contribution in [3.05, 3.63) is 58.3 Å². The number of morpholine rings is 1. The SMILES string of the molecule is O=C(NCCc1ccccc1)NC[C@H](c1ccsc1)N1CCOCC1. The van der Waals surface area contributed by atoms with E-state index in [0.29, 0.717) is 13.1 Å². The molecule has 25 heavy (non-hydrogen) atoms. The summed E-state index contributed by atoms with van der Waals surface area (Å²) in [6.45, 7) is 4.55. The van der Waals surface area contributed by atoms with Gasteiger partial charge in [0.25, 0.3) is 0 Å². The van der Waals surface area contributed by atoms with Crippen LogP contribution in [0.3, 0.4) is 0 Å². The van der Waals surface area contributed by atoms with E-state index in [9.17, 15) is 4.79 Å². The number of ether oxygens (including phenoxy) is 1. The standard InChI is InChI=1S/C19H25N3O2S/c23-19(20-8-6-16-4-2-1-3-5-16)21-14-18(17-7-13-25-15-17)22-9-11-24-12-10-22/h1-5,7,13,15,18H,6,8-12,14H2,(H2,20,21,23)/t18-/m1/s1. The Kier molecular flexibility index (Phi) is 6.85. The molecule has 0 aliphatic carbocycles. The molecule has 0 unspecified atom stereocenters. The highest BCUT2D eigenvalue weighted by molar-refractivity contribution is 7.07. The molecule has 3 rings (SSSR count). The summed E-state index contributed by atoms with van der Waals surface area (Å²) >= 11 is 1.69. The van der Waals surface area contributed by atoms with Crippen molar-refractivity contribution in [2.75, 3.05) is 39.4 Å². The average Bonchev–Trinajstić information content (AvgIpc) is 3.18. The maximum atomic E-state index is 12.1. The Labute approximate surface area is 153 Å². The van der Waals surface area contributed by atoms with Gasteiger partial charge in [0.2, 0.25) is 0 Å². The van der Waals surface area contributed by atoms with Crippen LogP contribution in [0, 0.1) is 0 Å². The van der Waals surface area contributed by atoms with Crippen molar-refractivity contribution >= 4 is 17.4 Å². The summed E-state index contributed by atoms with van der Waals surface area (Å²) < 4.78 is 5.45. The van der Waals surface area contributed by atoms with Gasteiger partial charge in [-0.2, -0.15) is 11.3 Å². The summed E-state index contributed by atoms with van der Waals surface area (Å²) in [6.07, 6.45) is 0.839. The lowest BCUT2D eigenvalue weighted by Crippen LogP contribution is -2.45. The lowest BCUT2D eigenvalue weighted by Gasteiger charge is -2.34. The number of benzene rings is 1. The fraction of sp³-hybridized carbons (Fsp3) is 0.421. The highest BCUT2D eigenvalue weighted by Gasteiger charge is 2.23. The molecule has 0 spiro atoms. The Bertz CT molecular complexity index is 627. The maximum Gasteiger partial charge on any atom is 0.314 e. The molecule has 1 saturated heterocycles. The summed E-state index contributed by atoms with van der Waals surface area (Å²) in [7, 11) is 0. The fourth-order valence-electron chi connectivity index (χ4n) is 3.03. The first-order valence-corrected chi connectivity index (χ1v) is 9.67. The Balaban J connectivity index is 1.46. The van der Waals surface area contributed by atoms with Crippen molar-refractivity contribution in [1.82, 2.24) is 15.5 Å². The number of hydrogen-bond acceptors (Lipinski definition) is 4. The Morgan fingerprint density at radius 3 is 2.68 bits per heavy atom. The summed E-state index contributed by atoms with van der Waals surface area (Å²) in [5.74, 6) is 0. The number of amides is 2. The van der Waals surface area contributed by atoms with E-state index in [1.165, 1.54) is 11.1 Å². The van der Waals surface area contributed by atoms with Crippen LogP contribution in [0.5, 0.6) is 0 Å². The van der Waals surface area contributed by atoms with Gasteiger partial charge in [-0.05, 0) is 34.4 Å². The zero-order valence-corrected chi connectivity index (χ0v) is 15.1. The van der Waals surface area contributed by atoms with Gasteiger partial charge in [-0.1, -0.05) is 30.3 Å². The van der Waals surface area contributed by atoms with Gasteiger partial charge in [0.1, 0.15) is 0 Å². The molecule has 134 valence electrons. The van der Waals surface area contributed by atoms with Gasteiger partial charge in [0, 0.05) is 26.2 Å². The molecule has 2 aromatic rings. The maximum absolute atomic E-state index is 12.1. The highest BCUT2D eigenvalue weighted by Crippen LogP contribution is 2.23. The van der Waals surface area contributed by atoms with E-state index < -0.39 is 0 Å². The van der Waals surface area contributed by atoms with Gasteiger partial charge in [-0.15, -0.1) is 0 Å². The van der Waals surface area contributed by atoms with E-state index in [0.717, 1.165) is 32.7 Å². The van der Waals surface area contributed by atoms with E-state index in [-0.39, 0.29) is 12.1 Å². The van der Waals surface area contributed by atoms with Crippen molar-refractivity contribution in [2.45, 2.75) is 12.5 Å². The molecule has 0 saturated carbocycles. The van der Waals surface area contributed by atoms with E-state index in [1.54, 1.807) is 11.3 Å². The number of hydrogen-bond donors (Lipinski definition) is 2. The van der Waals surface area contributed by atoms with Crippen LogP contribution in [0.4, 0.5) is 4.79 Å². The number of urea groups is 1. The molecule has 1 aromatic heterocycles. The molecular weight excluding hydrogens is 334 g/mol. The van der Waals surface area contributed by atoms with Crippen molar-refractivity contribution in [2.24, 2.45) is 0 Å². The molecule has 6 heteroatoms. The summed E-state index contributed by atoms with van der Waals surface area (Å²) in [5, 5.41) is 10.2. The van der Waals surface area contributed by atoms with E-state index in [1.807, 2.05) is 18.2 Å². The average molecular weight is 359 g/mol. The Morgan fingerprint density at radius 2 is 1.96 bits per heavy atom. The lowest BCUT2D eigenvalue weighted by atomic mass is 10.1. The number of nitrogens with zero attached hydrogens (tertiary/aromatic N) is 1. The third-order valence-corrected chi connectivity index (χ3v) is 5.11. The minimum atomic E-state index is -0.107. The third kappa shape index (κ3) is 5.56. The predicted octanol–water partition coefficient (Wildman–Crippen LogP) is 2.66. The molecule has 1 atom stereocenters. The molecule has 0 bridgehead atoms. The summed E-state index contributed by atoms with van der Waals surface area (Å²) in [4.78, 5) is 14.5. The van der Waals surface area contributed by atoms with Crippen LogP contribution >= 0.6 is 11.3 Å². The first-order valence-electron chi connectivity index (χ1n) is 8.72. The van der Waals surface area contributed by atoms with Gasteiger partial charge < -0.3 is 15.4 Å². The number of nitrogens with one attached hydrogen (secondary N) is 2. The largest absolute Gasteiger partial charge is 0.379 e. The highest BCUT2D eigenvalue weighted by atomic mass is 32.1. The van der Waals surface area contributed by atoms with Crippen molar-refractivity contribution in [3.8, 4) is 0 Å². The molecule has 1 aliphatic heterocycles. The van der Waals surface area contributed by atoms with Crippen LogP contribution in [-0.4, -0.2) is 50.3 Å². The van der Waals surface area contributed by atoms with Crippen molar-refractivity contribution in [3.63, 3.8) is 0 Å². The van der Waals surface area contributed by atoms with Crippen LogP contribution in [0.15, 0.2) is 47.2 Å². The van der Waals surface area contributed by atoms with Crippen molar-refractivity contribution in [1.29, 1.82) is 0 Å². The fourth-order valence-corrected chi connectivity index (χ4v) is 3.74. The molecule has 2 heterocycles. The van der Waals surface area contributed by atoms with Crippen LogP contribution < -0.4 is 10.6 Å². The second-order valence-electron chi connectivity index (χ2n) is 6.09. The quantitative estimate of drug-likeness (QED) is 0.799. The predicted molar refractivity (Wildman–Crippen MR) is 101 cm³/mol. The second kappa shape index (κ2) is 9.56. The van der Waals surface area contributed by atoms with Gasteiger partial charge in [-0.25, -0.2) is 4.79 Å². The number of carbonyl (C=O) groups is 1. The minimum Gasteiger partial charge on any atom is -0.379 e. The molecule has 2 N–H and O–H groups in total. The van der Waals surface area contributed by atoms with Gasteiger partial charge >= 0.3 is 6.03 Å². The van der Waals surface area contributed by atoms with Crippen LogP contribution in [0.1, 0.15) is 17.2 Å². The molecule has 2 amide bonds. The first-order chi connectivity index (χ1) is 12.3. The molecule has 5 nitrogen and oxygen atoms in total. The zero-order valence-electron chi connectivity index (χ0n) is 14.3. The third-order valence-electron chi connectivity index (χ3n) is 4.41. The molecule has 0 radical (unpaired) electrons. The number of rotatable bonds is 7. The molecule has 1 aliphatic rings. The Hall–Kier alpha value is -1.89. The molecule has 1 fully saturated rings. The molecule has 1 aromatic carbocycles. The number of thiophene rings is 1. The monoisotopic (exact) mass is 359 g/mol. The van der Waals surface area contributed by atoms with E-state index >= 15 is 0 Å². The van der Waals surface area contributed by atoms with E-state index in [4.69, 9.17) is 4.74 Å². The van der Waals surface area contributed by atoms with Crippen molar-refractivity contribution < 1.29 is 9.53 Å². The minimum absolute atomic E-state index is 0.107. The normalized spacial score (nSPS) is 16.3. The lowest BCUT2D eigenvalue weighted by molar-refractivity contribution is 0.0168. The second-order valence-corrected chi connectivity index (χ2v) is 6.87. The number of carbonyl (C=O) groups excluding carboxylic acids is 1. The van der Waals surface area contributed by atoms with Gasteiger partial charge in [0.05, 0.1) is 19.3 Å². The van der Waals surface area contributed by atoms with E-state index in [2.05, 4.69) is 44.5 Å². The first kappa shape index (κ1) is 17.9. The van der Waals surface area contributed by atoms with Gasteiger partial charge in [-0.3, -0.25) is 4.90 Å². The summed E-state index contributed by atoms with van der Waals surface area (Å²) in [5.41, 5.74) is 2.49. The smallest absolute Gasteiger partial charge is 0.314 e. The zero-order chi connectivity index (χ0) is 17.3. The van der Waals surface area contributed by atoms with Crippen LogP contribution in [0.2, 0.25) is 0 Å².